The molecule has 17 heavy (non-hydrogen) atoms. The Hall–Kier alpha value is -1.32. The van der Waals surface area contributed by atoms with E-state index in [1.807, 2.05) is 37.5 Å². The van der Waals surface area contributed by atoms with E-state index in [4.69, 9.17) is 11.6 Å². The molecule has 1 unspecified atom stereocenters. The van der Waals surface area contributed by atoms with Gasteiger partial charge in [-0.1, -0.05) is 23.7 Å². The summed E-state index contributed by atoms with van der Waals surface area (Å²) in [4.78, 5) is 0. The number of rotatable bonds is 3. The van der Waals surface area contributed by atoms with Gasteiger partial charge in [0.1, 0.15) is 0 Å². The first kappa shape index (κ1) is 12.1. The largest absolute Gasteiger partial charge is 0.385 e. The highest BCUT2D eigenvalue weighted by atomic mass is 35.5. The van der Waals surface area contributed by atoms with Gasteiger partial charge in [0, 0.05) is 30.3 Å². The van der Waals surface area contributed by atoms with E-state index in [0.717, 1.165) is 11.1 Å². The lowest BCUT2D eigenvalue weighted by Gasteiger charge is -2.21. The molecule has 0 fully saturated rings. The number of nitrogens with zero attached hydrogens (tertiary/aromatic N) is 2. The lowest BCUT2D eigenvalue weighted by molar-refractivity contribution is 0.0575. The summed E-state index contributed by atoms with van der Waals surface area (Å²) in [5.41, 5.74) is 0.945. The Balaban J connectivity index is 2.19. The Morgan fingerprint density at radius 2 is 2.00 bits per heavy atom. The van der Waals surface area contributed by atoms with Crippen LogP contribution >= 0.6 is 11.6 Å². The van der Waals surface area contributed by atoms with Crippen molar-refractivity contribution in [2.24, 2.45) is 7.05 Å². The molecule has 0 aliphatic heterocycles. The van der Waals surface area contributed by atoms with E-state index in [1.165, 1.54) is 0 Å². The van der Waals surface area contributed by atoms with Gasteiger partial charge in [0.2, 0.25) is 0 Å². The Labute approximate surface area is 106 Å². The molecular formula is C13H15ClN2O. The quantitative estimate of drug-likeness (QED) is 0.909. The van der Waals surface area contributed by atoms with Gasteiger partial charge in [0.05, 0.1) is 11.8 Å². The molecule has 3 nitrogen and oxygen atoms in total. The zero-order valence-electron chi connectivity index (χ0n) is 9.89. The summed E-state index contributed by atoms with van der Waals surface area (Å²) in [6.45, 7) is 1.79. The zero-order valence-corrected chi connectivity index (χ0v) is 10.6. The fourth-order valence-corrected chi connectivity index (χ4v) is 1.93. The number of aryl methyl sites for hydroxylation is 1. The molecule has 0 saturated carbocycles. The molecule has 0 aliphatic carbocycles. The van der Waals surface area contributed by atoms with Crippen molar-refractivity contribution in [3.05, 3.63) is 52.8 Å². The van der Waals surface area contributed by atoms with Crippen LogP contribution in [-0.4, -0.2) is 14.9 Å². The molecule has 0 amide bonds. The second-order valence-corrected chi connectivity index (χ2v) is 4.92. The predicted molar refractivity (Wildman–Crippen MR) is 67.9 cm³/mol. The number of aromatic nitrogens is 2. The first-order valence-electron chi connectivity index (χ1n) is 5.43. The van der Waals surface area contributed by atoms with Gasteiger partial charge in [-0.3, -0.25) is 4.68 Å². The van der Waals surface area contributed by atoms with Crippen molar-refractivity contribution >= 4 is 11.6 Å². The third-order valence-corrected chi connectivity index (χ3v) is 3.04. The summed E-state index contributed by atoms with van der Waals surface area (Å²) in [7, 11) is 1.84. The molecule has 1 aromatic carbocycles. The van der Waals surface area contributed by atoms with Crippen LogP contribution in [0.25, 0.3) is 0 Å². The summed E-state index contributed by atoms with van der Waals surface area (Å²) in [5, 5.41) is 15.2. The van der Waals surface area contributed by atoms with Crippen LogP contribution in [0.15, 0.2) is 36.7 Å². The smallest absolute Gasteiger partial charge is 0.0939 e. The van der Waals surface area contributed by atoms with Gasteiger partial charge >= 0.3 is 0 Å². The van der Waals surface area contributed by atoms with E-state index >= 15 is 0 Å². The molecule has 2 aromatic rings. The predicted octanol–water partition coefficient (Wildman–Crippen LogP) is 2.52. The Kier molecular flexibility index (Phi) is 3.22. The first-order valence-corrected chi connectivity index (χ1v) is 5.81. The number of halogens is 1. The van der Waals surface area contributed by atoms with Crippen LogP contribution in [0.3, 0.4) is 0 Å². The SMILES string of the molecule is Cn1cc(C(C)(O)Cc2ccc(Cl)cc2)cn1. The van der Waals surface area contributed by atoms with Crippen molar-refractivity contribution in [3.8, 4) is 0 Å². The highest BCUT2D eigenvalue weighted by Gasteiger charge is 2.24. The highest BCUT2D eigenvalue weighted by Crippen LogP contribution is 2.25. The van der Waals surface area contributed by atoms with Crippen LogP contribution in [0, 0.1) is 0 Å². The standard InChI is InChI=1S/C13H15ClN2O/c1-13(17,11-8-15-16(2)9-11)7-10-3-5-12(14)6-4-10/h3-6,8-9,17H,7H2,1-2H3. The minimum absolute atomic E-state index is 0.538. The van der Waals surface area contributed by atoms with Gasteiger partial charge in [0.25, 0.3) is 0 Å². The van der Waals surface area contributed by atoms with Crippen LogP contribution in [0.2, 0.25) is 5.02 Å². The first-order chi connectivity index (χ1) is 7.97. The van der Waals surface area contributed by atoms with E-state index in [2.05, 4.69) is 5.10 Å². The topological polar surface area (TPSA) is 38.0 Å². The molecule has 0 aliphatic rings. The molecule has 4 heteroatoms. The summed E-state index contributed by atoms with van der Waals surface area (Å²) in [5.74, 6) is 0. The fourth-order valence-electron chi connectivity index (χ4n) is 1.80. The normalized spacial score (nSPS) is 14.6. The summed E-state index contributed by atoms with van der Waals surface area (Å²) in [6.07, 6.45) is 4.06. The second kappa shape index (κ2) is 4.51. The molecule has 0 saturated heterocycles. The Morgan fingerprint density at radius 3 is 2.53 bits per heavy atom. The molecular weight excluding hydrogens is 236 g/mol. The van der Waals surface area contributed by atoms with Crippen LogP contribution in [-0.2, 0) is 19.1 Å². The number of aliphatic hydroxyl groups is 1. The molecule has 0 radical (unpaired) electrons. The van der Waals surface area contributed by atoms with Crippen molar-refractivity contribution < 1.29 is 5.11 Å². The monoisotopic (exact) mass is 250 g/mol. The molecule has 2 rings (SSSR count). The maximum Gasteiger partial charge on any atom is 0.0939 e. The number of hydrogen-bond donors (Lipinski definition) is 1. The van der Waals surface area contributed by atoms with Gasteiger partial charge in [-0.25, -0.2) is 0 Å². The molecule has 1 aromatic heterocycles. The molecule has 0 spiro atoms. The molecule has 1 N–H and O–H groups in total. The lowest BCUT2D eigenvalue weighted by Crippen LogP contribution is -2.23. The maximum atomic E-state index is 10.4. The van der Waals surface area contributed by atoms with Gasteiger partial charge < -0.3 is 5.11 Å². The minimum atomic E-state index is -0.915. The van der Waals surface area contributed by atoms with Crippen molar-refractivity contribution in [2.75, 3.05) is 0 Å². The van der Waals surface area contributed by atoms with Crippen LogP contribution in [0.5, 0.6) is 0 Å². The lowest BCUT2D eigenvalue weighted by atomic mass is 9.91. The van der Waals surface area contributed by atoms with Gasteiger partial charge in [-0.2, -0.15) is 5.10 Å². The third kappa shape index (κ3) is 2.87. The van der Waals surface area contributed by atoms with Crippen molar-refractivity contribution in [1.82, 2.24) is 9.78 Å². The highest BCUT2D eigenvalue weighted by molar-refractivity contribution is 6.30. The molecule has 1 heterocycles. The Bertz CT molecular complexity index is 502. The molecule has 90 valence electrons. The van der Waals surface area contributed by atoms with E-state index in [-0.39, 0.29) is 0 Å². The van der Waals surface area contributed by atoms with E-state index in [1.54, 1.807) is 17.8 Å². The number of hydrogen-bond acceptors (Lipinski definition) is 2. The van der Waals surface area contributed by atoms with Crippen molar-refractivity contribution in [2.45, 2.75) is 18.9 Å². The van der Waals surface area contributed by atoms with E-state index < -0.39 is 5.60 Å². The van der Waals surface area contributed by atoms with Crippen molar-refractivity contribution in [3.63, 3.8) is 0 Å². The van der Waals surface area contributed by atoms with E-state index in [0.29, 0.717) is 11.4 Å². The summed E-state index contributed by atoms with van der Waals surface area (Å²) in [6, 6.07) is 7.51. The molecule has 0 bridgehead atoms. The average molecular weight is 251 g/mol. The van der Waals surface area contributed by atoms with Gasteiger partial charge in [-0.15, -0.1) is 0 Å². The minimum Gasteiger partial charge on any atom is -0.385 e. The third-order valence-electron chi connectivity index (χ3n) is 2.79. The maximum absolute atomic E-state index is 10.4. The second-order valence-electron chi connectivity index (χ2n) is 4.48. The van der Waals surface area contributed by atoms with Crippen LogP contribution in [0.4, 0.5) is 0 Å². The van der Waals surface area contributed by atoms with Gasteiger partial charge in [0.15, 0.2) is 0 Å². The van der Waals surface area contributed by atoms with Crippen molar-refractivity contribution in [1.29, 1.82) is 0 Å². The fraction of sp³-hybridized carbons (Fsp3) is 0.308. The average Bonchev–Trinajstić information content (AvgIpc) is 2.69. The summed E-state index contributed by atoms with van der Waals surface area (Å²) >= 11 is 5.83. The zero-order chi connectivity index (χ0) is 12.5. The Morgan fingerprint density at radius 1 is 1.35 bits per heavy atom. The van der Waals surface area contributed by atoms with Gasteiger partial charge in [-0.05, 0) is 24.6 Å². The van der Waals surface area contributed by atoms with Crippen LogP contribution in [0.1, 0.15) is 18.1 Å². The number of benzene rings is 1. The molecule has 1 atom stereocenters. The summed E-state index contributed by atoms with van der Waals surface area (Å²) < 4.78 is 1.69. The van der Waals surface area contributed by atoms with Crippen LogP contribution < -0.4 is 0 Å². The van der Waals surface area contributed by atoms with E-state index in [9.17, 15) is 5.11 Å².